The summed E-state index contributed by atoms with van der Waals surface area (Å²) in [5, 5.41) is 5.65. The van der Waals surface area contributed by atoms with E-state index in [2.05, 4.69) is 24.5 Å². The summed E-state index contributed by atoms with van der Waals surface area (Å²) >= 11 is 0. The Kier molecular flexibility index (Phi) is 7.82. The summed E-state index contributed by atoms with van der Waals surface area (Å²) in [6.45, 7) is 4.27. The van der Waals surface area contributed by atoms with Gasteiger partial charge >= 0.3 is 0 Å². The van der Waals surface area contributed by atoms with Crippen molar-refractivity contribution in [3.63, 3.8) is 0 Å². The lowest BCUT2D eigenvalue weighted by Gasteiger charge is -2.11. The van der Waals surface area contributed by atoms with E-state index in [0.717, 1.165) is 12.0 Å². The van der Waals surface area contributed by atoms with Gasteiger partial charge in [-0.25, -0.2) is 0 Å². The zero-order chi connectivity index (χ0) is 22.1. The van der Waals surface area contributed by atoms with Gasteiger partial charge < -0.3 is 15.4 Å². The van der Waals surface area contributed by atoms with E-state index in [9.17, 15) is 9.59 Å². The van der Waals surface area contributed by atoms with Crippen molar-refractivity contribution >= 4 is 23.2 Å². The summed E-state index contributed by atoms with van der Waals surface area (Å²) in [6, 6.07) is 24.4. The van der Waals surface area contributed by atoms with Crippen molar-refractivity contribution in [1.82, 2.24) is 0 Å². The molecule has 1 unspecified atom stereocenters. The number of amides is 2. The van der Waals surface area contributed by atoms with Crippen LogP contribution in [0.2, 0.25) is 0 Å². The van der Waals surface area contributed by atoms with E-state index in [0.29, 0.717) is 29.5 Å². The second kappa shape index (κ2) is 11.0. The van der Waals surface area contributed by atoms with Crippen molar-refractivity contribution in [2.45, 2.75) is 32.6 Å². The van der Waals surface area contributed by atoms with Crippen molar-refractivity contribution in [1.29, 1.82) is 0 Å². The van der Waals surface area contributed by atoms with Crippen molar-refractivity contribution in [2.24, 2.45) is 0 Å². The molecule has 5 nitrogen and oxygen atoms in total. The lowest BCUT2D eigenvalue weighted by atomic mass is 9.99. The molecule has 3 rings (SSSR count). The third-order valence-corrected chi connectivity index (χ3v) is 5.09. The molecular weight excluding hydrogens is 388 g/mol. The third-order valence-electron chi connectivity index (χ3n) is 5.09. The maximum absolute atomic E-state index is 12.2. The molecule has 3 aromatic carbocycles. The molecule has 0 spiro atoms. The molecule has 2 amide bonds. The van der Waals surface area contributed by atoms with E-state index in [1.807, 2.05) is 54.6 Å². The summed E-state index contributed by atoms with van der Waals surface area (Å²) in [5.74, 6) is 0.838. The zero-order valence-corrected chi connectivity index (χ0v) is 17.9. The molecule has 0 heterocycles. The van der Waals surface area contributed by atoms with Gasteiger partial charge in [0.15, 0.2) is 6.61 Å². The molecule has 0 fully saturated rings. The van der Waals surface area contributed by atoms with Crippen LogP contribution in [0.4, 0.5) is 11.4 Å². The molecule has 31 heavy (non-hydrogen) atoms. The maximum atomic E-state index is 12.2. The number of ether oxygens (including phenoxy) is 1. The van der Waals surface area contributed by atoms with Crippen LogP contribution in [0.3, 0.4) is 0 Å². The van der Waals surface area contributed by atoms with Gasteiger partial charge in [0.25, 0.3) is 5.91 Å². The number of carbonyl (C=O) groups is 2. The summed E-state index contributed by atoms with van der Waals surface area (Å²) in [5.41, 5.74) is 3.53. The van der Waals surface area contributed by atoms with Crippen LogP contribution in [0.15, 0.2) is 78.9 Å². The fourth-order valence-corrected chi connectivity index (χ4v) is 3.10. The molecule has 0 aliphatic carbocycles. The highest BCUT2D eigenvalue weighted by molar-refractivity contribution is 5.94. The Labute approximate surface area is 183 Å². The minimum absolute atomic E-state index is 0.0712. The Morgan fingerprint density at radius 2 is 1.39 bits per heavy atom. The third kappa shape index (κ3) is 7.00. The Balaban J connectivity index is 1.44. The van der Waals surface area contributed by atoms with Crippen molar-refractivity contribution < 1.29 is 14.3 Å². The van der Waals surface area contributed by atoms with Crippen molar-refractivity contribution in [2.75, 3.05) is 17.2 Å². The minimum atomic E-state index is -0.244. The first-order chi connectivity index (χ1) is 15.0. The number of benzene rings is 3. The van der Waals surface area contributed by atoms with Crippen LogP contribution >= 0.6 is 0 Å². The lowest BCUT2D eigenvalue weighted by Crippen LogP contribution is -2.20. The first kappa shape index (κ1) is 22.1. The lowest BCUT2D eigenvalue weighted by molar-refractivity contribution is -0.118. The molecule has 1 atom stereocenters. The van der Waals surface area contributed by atoms with Crippen LogP contribution in [-0.4, -0.2) is 18.4 Å². The first-order valence-electron chi connectivity index (χ1n) is 10.5. The SMILES string of the molecule is CCC(C)c1ccc(OCC(=O)Nc2ccc(NC(=O)Cc3ccccc3)cc2)cc1. The average molecular weight is 417 g/mol. The van der Waals surface area contributed by atoms with Crippen LogP contribution in [0.25, 0.3) is 0 Å². The second-order valence-electron chi connectivity index (χ2n) is 7.50. The predicted molar refractivity (Wildman–Crippen MR) is 124 cm³/mol. The van der Waals surface area contributed by atoms with Gasteiger partial charge in [-0.05, 0) is 59.9 Å². The van der Waals surface area contributed by atoms with E-state index < -0.39 is 0 Å². The highest BCUT2D eigenvalue weighted by atomic mass is 16.5. The standard InChI is InChI=1S/C26H28N2O3/c1-3-19(2)21-9-15-24(16-10-21)31-18-26(30)28-23-13-11-22(12-14-23)27-25(29)17-20-7-5-4-6-8-20/h4-16,19H,3,17-18H2,1-2H3,(H,27,29)(H,28,30). The Morgan fingerprint density at radius 1 is 0.806 bits per heavy atom. The van der Waals surface area contributed by atoms with E-state index in [1.165, 1.54) is 5.56 Å². The molecule has 5 heteroatoms. The summed E-state index contributed by atoms with van der Waals surface area (Å²) in [6.07, 6.45) is 1.40. The smallest absolute Gasteiger partial charge is 0.262 e. The van der Waals surface area contributed by atoms with Crippen LogP contribution in [0.5, 0.6) is 5.75 Å². The number of hydrogen-bond acceptors (Lipinski definition) is 3. The minimum Gasteiger partial charge on any atom is -0.484 e. The average Bonchev–Trinajstić information content (AvgIpc) is 2.79. The topological polar surface area (TPSA) is 67.4 Å². The van der Waals surface area contributed by atoms with Gasteiger partial charge in [0, 0.05) is 11.4 Å². The Bertz CT molecular complexity index is 983. The van der Waals surface area contributed by atoms with E-state index in [4.69, 9.17) is 4.74 Å². The maximum Gasteiger partial charge on any atom is 0.262 e. The number of hydrogen-bond donors (Lipinski definition) is 2. The van der Waals surface area contributed by atoms with Gasteiger partial charge in [0.2, 0.25) is 5.91 Å². The molecular formula is C26H28N2O3. The van der Waals surface area contributed by atoms with E-state index >= 15 is 0 Å². The molecule has 2 N–H and O–H groups in total. The second-order valence-corrected chi connectivity index (χ2v) is 7.50. The highest BCUT2D eigenvalue weighted by Crippen LogP contribution is 2.21. The van der Waals surface area contributed by atoms with Gasteiger partial charge in [-0.1, -0.05) is 56.3 Å². The zero-order valence-electron chi connectivity index (χ0n) is 17.9. The van der Waals surface area contributed by atoms with Crippen LogP contribution < -0.4 is 15.4 Å². The van der Waals surface area contributed by atoms with Gasteiger partial charge in [-0.3, -0.25) is 9.59 Å². The Hall–Kier alpha value is -3.60. The van der Waals surface area contributed by atoms with Crippen LogP contribution in [0.1, 0.15) is 37.3 Å². The molecule has 0 aliphatic rings. The fourth-order valence-electron chi connectivity index (χ4n) is 3.10. The number of rotatable bonds is 9. The highest BCUT2D eigenvalue weighted by Gasteiger charge is 2.07. The predicted octanol–water partition coefficient (Wildman–Crippen LogP) is 5.40. The number of anilines is 2. The van der Waals surface area contributed by atoms with Gasteiger partial charge in [0.1, 0.15) is 5.75 Å². The molecule has 0 aromatic heterocycles. The number of nitrogens with one attached hydrogen (secondary N) is 2. The molecule has 0 bridgehead atoms. The van der Waals surface area contributed by atoms with E-state index in [-0.39, 0.29) is 18.4 Å². The molecule has 3 aromatic rings. The summed E-state index contributed by atoms with van der Waals surface area (Å²) in [4.78, 5) is 24.3. The molecule has 0 aliphatic heterocycles. The summed E-state index contributed by atoms with van der Waals surface area (Å²) in [7, 11) is 0. The normalized spacial score (nSPS) is 11.4. The molecule has 0 radical (unpaired) electrons. The summed E-state index contributed by atoms with van der Waals surface area (Å²) < 4.78 is 5.57. The van der Waals surface area contributed by atoms with Gasteiger partial charge in [0.05, 0.1) is 6.42 Å². The quantitative estimate of drug-likeness (QED) is 0.491. The fraction of sp³-hybridized carbons (Fsp3) is 0.231. The molecule has 0 saturated heterocycles. The number of carbonyl (C=O) groups excluding carboxylic acids is 2. The van der Waals surface area contributed by atoms with Crippen molar-refractivity contribution in [3.05, 3.63) is 90.0 Å². The van der Waals surface area contributed by atoms with Crippen LogP contribution in [0, 0.1) is 0 Å². The molecule has 0 saturated carbocycles. The van der Waals surface area contributed by atoms with Gasteiger partial charge in [-0.15, -0.1) is 0 Å². The van der Waals surface area contributed by atoms with Crippen LogP contribution in [-0.2, 0) is 16.0 Å². The first-order valence-corrected chi connectivity index (χ1v) is 10.5. The largest absolute Gasteiger partial charge is 0.484 e. The van der Waals surface area contributed by atoms with Gasteiger partial charge in [-0.2, -0.15) is 0 Å². The van der Waals surface area contributed by atoms with Crippen molar-refractivity contribution in [3.8, 4) is 5.75 Å². The monoisotopic (exact) mass is 416 g/mol. The Morgan fingerprint density at radius 3 is 1.97 bits per heavy atom. The molecule has 160 valence electrons. The van der Waals surface area contributed by atoms with E-state index in [1.54, 1.807) is 24.3 Å².